The van der Waals surface area contributed by atoms with Crippen LogP contribution < -0.4 is 15.4 Å². The molecule has 0 aliphatic heterocycles. The number of nitrogens with one attached hydrogen (secondary N) is 2. The van der Waals surface area contributed by atoms with Crippen molar-refractivity contribution in [2.75, 3.05) is 18.5 Å². The van der Waals surface area contributed by atoms with Gasteiger partial charge in [-0.25, -0.2) is 0 Å². The Morgan fingerprint density at radius 3 is 2.43 bits per heavy atom. The third-order valence-corrected chi connectivity index (χ3v) is 4.72. The molecule has 0 radical (unpaired) electrons. The fraction of sp³-hybridized carbons (Fsp3) is 0.364. The second-order valence-electron chi connectivity index (χ2n) is 7.33. The summed E-state index contributed by atoms with van der Waals surface area (Å²) in [6, 6.07) is 12.8. The molecule has 0 atom stereocenters. The van der Waals surface area contributed by atoms with Crippen molar-refractivity contribution in [3.63, 3.8) is 0 Å². The van der Waals surface area contributed by atoms with Gasteiger partial charge in [-0.3, -0.25) is 9.59 Å². The number of benzene rings is 2. The van der Waals surface area contributed by atoms with Crippen molar-refractivity contribution in [3.05, 3.63) is 58.1 Å². The fourth-order valence-electron chi connectivity index (χ4n) is 2.51. The average molecular weight is 447 g/mol. The molecule has 0 saturated carbocycles. The van der Waals surface area contributed by atoms with Crippen molar-refractivity contribution in [1.29, 1.82) is 0 Å². The van der Waals surface area contributed by atoms with E-state index < -0.39 is 0 Å². The standard InChI is InChI=1S/C22H27BrN2O3/c1-14(2)12-24-22(27)17-7-5-6-8-19(17)25-21(26)13-28-20-10-9-16(15(3)4)11-18(20)23/h5-11,14-15H,12-13H2,1-4H3,(H,24,27)(H,25,26). The third kappa shape index (κ3) is 6.37. The van der Waals surface area contributed by atoms with Gasteiger partial charge in [0, 0.05) is 6.54 Å². The summed E-state index contributed by atoms with van der Waals surface area (Å²) in [5.74, 6) is 0.815. The first-order valence-corrected chi connectivity index (χ1v) is 10.2. The van der Waals surface area contributed by atoms with Crippen LogP contribution in [0.3, 0.4) is 0 Å². The molecule has 2 rings (SSSR count). The van der Waals surface area contributed by atoms with Crippen LogP contribution >= 0.6 is 15.9 Å². The minimum Gasteiger partial charge on any atom is -0.483 e. The van der Waals surface area contributed by atoms with Crippen molar-refractivity contribution in [2.45, 2.75) is 33.6 Å². The number of halogens is 1. The van der Waals surface area contributed by atoms with Crippen LogP contribution in [0.1, 0.15) is 49.5 Å². The van der Waals surface area contributed by atoms with Crippen molar-refractivity contribution in [1.82, 2.24) is 5.32 Å². The molecule has 2 N–H and O–H groups in total. The Morgan fingerprint density at radius 1 is 1.07 bits per heavy atom. The van der Waals surface area contributed by atoms with E-state index >= 15 is 0 Å². The van der Waals surface area contributed by atoms with Gasteiger partial charge in [0.15, 0.2) is 6.61 Å². The molecule has 0 bridgehead atoms. The van der Waals surface area contributed by atoms with Gasteiger partial charge in [-0.05, 0) is 57.6 Å². The molecule has 2 aromatic carbocycles. The zero-order valence-corrected chi connectivity index (χ0v) is 18.3. The Kier molecular flexibility index (Phi) is 8.05. The smallest absolute Gasteiger partial charge is 0.262 e. The highest BCUT2D eigenvalue weighted by Gasteiger charge is 2.14. The molecular formula is C22H27BrN2O3. The Bertz CT molecular complexity index is 834. The molecule has 150 valence electrons. The topological polar surface area (TPSA) is 67.4 Å². The fourth-order valence-corrected chi connectivity index (χ4v) is 3.02. The number of carbonyl (C=O) groups excluding carboxylic acids is 2. The lowest BCUT2D eigenvalue weighted by atomic mass is 10.0. The zero-order valence-electron chi connectivity index (χ0n) is 16.7. The summed E-state index contributed by atoms with van der Waals surface area (Å²) in [4.78, 5) is 24.7. The highest BCUT2D eigenvalue weighted by molar-refractivity contribution is 9.10. The molecule has 0 saturated heterocycles. The Hall–Kier alpha value is -2.34. The lowest BCUT2D eigenvalue weighted by Crippen LogP contribution is -2.29. The predicted octanol–water partition coefficient (Wildman–Crippen LogP) is 4.98. The quantitative estimate of drug-likeness (QED) is 0.600. The number of rotatable bonds is 8. The number of para-hydroxylation sites is 1. The largest absolute Gasteiger partial charge is 0.483 e. The van der Waals surface area contributed by atoms with Crippen LogP contribution in [0, 0.1) is 5.92 Å². The van der Waals surface area contributed by atoms with Crippen LogP contribution in [0.4, 0.5) is 5.69 Å². The molecule has 28 heavy (non-hydrogen) atoms. The van der Waals surface area contributed by atoms with Gasteiger partial charge < -0.3 is 15.4 Å². The van der Waals surface area contributed by atoms with Crippen LogP contribution in [0.25, 0.3) is 0 Å². The molecule has 0 spiro atoms. The lowest BCUT2D eigenvalue weighted by molar-refractivity contribution is -0.118. The van der Waals surface area contributed by atoms with E-state index in [9.17, 15) is 9.59 Å². The first-order valence-electron chi connectivity index (χ1n) is 9.37. The monoisotopic (exact) mass is 446 g/mol. The maximum absolute atomic E-state index is 12.4. The van der Waals surface area contributed by atoms with E-state index in [2.05, 4.69) is 40.4 Å². The van der Waals surface area contributed by atoms with E-state index in [1.165, 1.54) is 5.56 Å². The van der Waals surface area contributed by atoms with Gasteiger partial charge in [0.25, 0.3) is 11.8 Å². The van der Waals surface area contributed by atoms with Crippen molar-refractivity contribution in [3.8, 4) is 5.75 Å². The van der Waals surface area contributed by atoms with Gasteiger partial charge in [0.1, 0.15) is 5.75 Å². The maximum Gasteiger partial charge on any atom is 0.262 e. The molecule has 0 unspecified atom stereocenters. The highest BCUT2D eigenvalue weighted by atomic mass is 79.9. The summed E-state index contributed by atoms with van der Waals surface area (Å²) in [7, 11) is 0. The van der Waals surface area contributed by atoms with Crippen LogP contribution in [0.2, 0.25) is 0 Å². The number of amides is 2. The summed E-state index contributed by atoms with van der Waals surface area (Å²) < 4.78 is 6.43. The Labute approximate surface area is 175 Å². The van der Waals surface area contributed by atoms with Gasteiger partial charge in [-0.2, -0.15) is 0 Å². The van der Waals surface area contributed by atoms with E-state index in [1.54, 1.807) is 24.3 Å². The number of hydrogen-bond donors (Lipinski definition) is 2. The van der Waals surface area contributed by atoms with Crippen LogP contribution in [0.15, 0.2) is 46.9 Å². The van der Waals surface area contributed by atoms with Crippen LogP contribution in [-0.2, 0) is 4.79 Å². The maximum atomic E-state index is 12.4. The zero-order chi connectivity index (χ0) is 20.7. The second-order valence-corrected chi connectivity index (χ2v) is 8.19. The molecule has 5 nitrogen and oxygen atoms in total. The summed E-state index contributed by atoms with van der Waals surface area (Å²) in [5.41, 5.74) is 2.08. The van der Waals surface area contributed by atoms with Crippen LogP contribution in [0.5, 0.6) is 5.75 Å². The highest BCUT2D eigenvalue weighted by Crippen LogP contribution is 2.29. The second kappa shape index (κ2) is 10.3. The van der Waals surface area contributed by atoms with Crippen molar-refractivity contribution < 1.29 is 14.3 Å². The number of anilines is 1. The van der Waals surface area contributed by atoms with Gasteiger partial charge in [0.2, 0.25) is 0 Å². The van der Waals surface area contributed by atoms with E-state index in [4.69, 9.17) is 4.74 Å². The molecule has 0 fully saturated rings. The normalized spacial score (nSPS) is 10.8. The van der Waals surface area contributed by atoms with Crippen LogP contribution in [-0.4, -0.2) is 25.0 Å². The van der Waals surface area contributed by atoms with Crippen molar-refractivity contribution >= 4 is 33.4 Å². The summed E-state index contributed by atoms with van der Waals surface area (Å²) in [5, 5.41) is 5.62. The average Bonchev–Trinajstić information content (AvgIpc) is 2.65. The first-order chi connectivity index (χ1) is 13.3. The Balaban J connectivity index is 1.99. The number of hydrogen-bond acceptors (Lipinski definition) is 3. The third-order valence-electron chi connectivity index (χ3n) is 4.10. The molecular weight excluding hydrogens is 420 g/mol. The molecule has 0 heterocycles. The summed E-state index contributed by atoms with van der Waals surface area (Å²) in [6.45, 7) is 8.70. The first kappa shape index (κ1) is 22.0. The summed E-state index contributed by atoms with van der Waals surface area (Å²) >= 11 is 3.48. The lowest BCUT2D eigenvalue weighted by Gasteiger charge is -2.14. The Morgan fingerprint density at radius 2 is 1.79 bits per heavy atom. The van der Waals surface area contributed by atoms with Gasteiger partial charge in [0.05, 0.1) is 15.7 Å². The SMILES string of the molecule is CC(C)CNC(=O)c1ccccc1NC(=O)COc1ccc(C(C)C)cc1Br. The summed E-state index contributed by atoms with van der Waals surface area (Å²) in [6.07, 6.45) is 0. The van der Waals surface area contributed by atoms with Gasteiger partial charge in [-0.15, -0.1) is 0 Å². The van der Waals surface area contributed by atoms with E-state index in [1.807, 2.05) is 32.0 Å². The van der Waals surface area contributed by atoms with E-state index in [0.717, 1.165) is 4.47 Å². The van der Waals surface area contributed by atoms with E-state index in [0.29, 0.717) is 35.4 Å². The predicted molar refractivity (Wildman–Crippen MR) is 116 cm³/mol. The van der Waals surface area contributed by atoms with Gasteiger partial charge in [-0.1, -0.05) is 45.9 Å². The molecule has 2 amide bonds. The van der Waals surface area contributed by atoms with E-state index in [-0.39, 0.29) is 18.4 Å². The molecule has 0 aliphatic carbocycles. The molecule has 0 aliphatic rings. The van der Waals surface area contributed by atoms with Crippen molar-refractivity contribution in [2.24, 2.45) is 5.92 Å². The minimum atomic E-state index is -0.330. The number of carbonyl (C=O) groups is 2. The molecule has 2 aromatic rings. The minimum absolute atomic E-state index is 0.151. The van der Waals surface area contributed by atoms with Gasteiger partial charge >= 0.3 is 0 Å². The molecule has 6 heteroatoms. The molecule has 0 aromatic heterocycles. The number of ether oxygens (including phenoxy) is 1.